The average molecular weight is 660 g/mol. The van der Waals surface area contributed by atoms with Crippen LogP contribution in [0.1, 0.15) is 24.8 Å². The molecule has 2 amide bonds. The first kappa shape index (κ1) is 34.3. The number of nitrogens with zero attached hydrogens (tertiary/aromatic N) is 1. The molecule has 2 aliphatic rings. The van der Waals surface area contributed by atoms with Crippen LogP contribution in [0.2, 0.25) is 0 Å². The molecule has 0 radical (unpaired) electrons. The molecule has 2 aliphatic heterocycles. The van der Waals surface area contributed by atoms with Crippen LogP contribution < -0.4 is 15.2 Å². The van der Waals surface area contributed by atoms with Gasteiger partial charge in [0.1, 0.15) is 29.5 Å². The van der Waals surface area contributed by atoms with Gasteiger partial charge in [0.05, 0.1) is 7.11 Å². The number of carboxylic acid groups (broad SMARTS) is 2. The number of hydrogen-bond acceptors (Lipinski definition) is 13. The largest absolute Gasteiger partial charge is 0.490 e. The number of benzene rings is 1. The number of hydrogen-bond donors (Lipinski definition) is 5. The molecule has 44 heavy (non-hydrogen) atoms. The molecule has 19 heteroatoms. The number of carbonyl (C=O) groups excluding carboxylic acids is 3. The SMILES string of the molecule is COC(=Cc1ccc(OS(=O)(=O)O)cc1)C(=O)OCC1=C(C(=O)O)N2C(=O)C(NC(=O)CCCC(N)C(=O)O)(OC)C2SC1. The highest BCUT2D eigenvalue weighted by Crippen LogP contribution is 2.46. The van der Waals surface area contributed by atoms with Crippen molar-refractivity contribution in [3.63, 3.8) is 0 Å². The van der Waals surface area contributed by atoms with E-state index in [1.165, 1.54) is 44.6 Å². The van der Waals surface area contributed by atoms with Crippen molar-refractivity contribution in [2.24, 2.45) is 5.73 Å². The van der Waals surface area contributed by atoms with Crippen molar-refractivity contribution in [1.29, 1.82) is 0 Å². The molecule has 0 aromatic heterocycles. The van der Waals surface area contributed by atoms with Gasteiger partial charge < -0.3 is 39.7 Å². The monoisotopic (exact) mass is 659 g/mol. The Balaban J connectivity index is 1.69. The molecule has 0 saturated carbocycles. The standard InChI is InChI=1S/C25H29N3O14S2/c1-39-17(10-13-6-8-15(9-7-13)42-44(36,37)38)22(34)41-11-14-12-43-24-25(40-2,23(35)28(24)19(14)21(32)33)27-18(29)5-3-4-16(26)20(30)31/h6-10,16,24H,3-5,11-12,26H2,1-2H3,(H,27,29)(H,30,31)(H,32,33)(H,36,37,38). The Bertz CT molecular complexity index is 1490. The fourth-order valence-electron chi connectivity index (χ4n) is 4.25. The zero-order valence-electron chi connectivity index (χ0n) is 23.3. The lowest BCUT2D eigenvalue weighted by Crippen LogP contribution is -2.80. The Labute approximate surface area is 254 Å². The summed E-state index contributed by atoms with van der Waals surface area (Å²) in [7, 11) is -2.36. The summed E-state index contributed by atoms with van der Waals surface area (Å²) < 4.78 is 50.4. The number of fused-ring (bicyclic) bond motifs is 1. The molecule has 17 nitrogen and oxygen atoms in total. The van der Waals surface area contributed by atoms with Crippen molar-refractivity contribution in [2.75, 3.05) is 26.6 Å². The molecule has 3 rings (SSSR count). The van der Waals surface area contributed by atoms with Crippen LogP contribution in [0.3, 0.4) is 0 Å². The molecule has 1 aromatic rings. The number of nitrogens with one attached hydrogen (secondary N) is 1. The molecule has 1 fully saturated rings. The van der Waals surface area contributed by atoms with Gasteiger partial charge >= 0.3 is 28.3 Å². The molecule has 6 N–H and O–H groups in total. The third-order valence-corrected chi connectivity index (χ3v) is 8.15. The lowest BCUT2D eigenvalue weighted by atomic mass is 9.97. The van der Waals surface area contributed by atoms with Crippen LogP contribution in [0, 0.1) is 0 Å². The highest BCUT2D eigenvalue weighted by atomic mass is 32.3. The molecule has 0 bridgehead atoms. The summed E-state index contributed by atoms with van der Waals surface area (Å²) in [4.78, 5) is 62.4. The molecule has 0 spiro atoms. The van der Waals surface area contributed by atoms with Crippen molar-refractivity contribution in [3.8, 4) is 5.75 Å². The van der Waals surface area contributed by atoms with Gasteiger partial charge in [0.25, 0.3) is 11.6 Å². The number of β-lactam (4-membered cyclic amide) rings is 1. The van der Waals surface area contributed by atoms with Crippen molar-refractivity contribution >= 4 is 58.0 Å². The molecule has 2 heterocycles. The van der Waals surface area contributed by atoms with E-state index in [0.717, 1.165) is 16.7 Å². The number of methoxy groups -OCH3 is 2. The maximum atomic E-state index is 13.2. The lowest BCUT2D eigenvalue weighted by Gasteiger charge is -2.55. The quantitative estimate of drug-likeness (QED) is 0.0404. The second kappa shape index (κ2) is 14.1. The number of thioether (sulfide) groups is 1. The Hall–Kier alpha value is -4.17. The first-order valence-corrected chi connectivity index (χ1v) is 15.0. The minimum absolute atomic E-state index is 0.0148. The summed E-state index contributed by atoms with van der Waals surface area (Å²) in [6.07, 6.45) is 1.24. The van der Waals surface area contributed by atoms with Gasteiger partial charge in [0.15, 0.2) is 0 Å². The summed E-state index contributed by atoms with van der Waals surface area (Å²) in [5.41, 5.74) is 3.56. The Morgan fingerprint density at radius 1 is 1.20 bits per heavy atom. The van der Waals surface area contributed by atoms with E-state index in [-0.39, 0.29) is 42.1 Å². The lowest BCUT2D eigenvalue weighted by molar-refractivity contribution is -0.192. The van der Waals surface area contributed by atoms with Gasteiger partial charge in [-0.1, -0.05) is 12.1 Å². The number of rotatable bonds is 15. The smallest absolute Gasteiger partial charge is 0.446 e. The second-order valence-corrected chi connectivity index (χ2v) is 11.4. The zero-order chi connectivity index (χ0) is 32.8. The highest BCUT2D eigenvalue weighted by Gasteiger charge is 2.66. The zero-order valence-corrected chi connectivity index (χ0v) is 24.9. The van der Waals surface area contributed by atoms with Crippen LogP contribution in [-0.2, 0) is 48.6 Å². The minimum atomic E-state index is -4.72. The van der Waals surface area contributed by atoms with Gasteiger partial charge in [0.2, 0.25) is 11.7 Å². The van der Waals surface area contributed by atoms with Crippen molar-refractivity contribution in [1.82, 2.24) is 10.2 Å². The van der Waals surface area contributed by atoms with E-state index in [2.05, 4.69) is 9.50 Å². The maximum Gasteiger partial charge on any atom is 0.446 e. The van der Waals surface area contributed by atoms with Gasteiger partial charge in [0, 0.05) is 24.9 Å². The van der Waals surface area contributed by atoms with E-state index in [4.69, 9.17) is 29.6 Å². The van der Waals surface area contributed by atoms with Crippen molar-refractivity contribution in [2.45, 2.75) is 36.4 Å². The van der Waals surface area contributed by atoms with Crippen LogP contribution in [0.5, 0.6) is 5.75 Å². The Kier molecular flexibility index (Phi) is 11.0. The fourth-order valence-corrected chi connectivity index (χ4v) is 6.02. The number of carbonyl (C=O) groups is 5. The Morgan fingerprint density at radius 3 is 2.41 bits per heavy atom. The number of amides is 2. The topological polar surface area (TPSA) is 258 Å². The van der Waals surface area contributed by atoms with Crippen LogP contribution in [0.4, 0.5) is 0 Å². The molecular formula is C25H29N3O14S2. The fraction of sp³-hybridized carbons (Fsp3) is 0.400. The van der Waals surface area contributed by atoms with Crippen molar-refractivity contribution in [3.05, 3.63) is 46.9 Å². The first-order chi connectivity index (χ1) is 20.6. The second-order valence-electron chi connectivity index (χ2n) is 9.29. The summed E-state index contributed by atoms with van der Waals surface area (Å²) in [5.74, 6) is -5.67. The number of ether oxygens (including phenoxy) is 3. The van der Waals surface area contributed by atoms with Gasteiger partial charge in [-0.25, -0.2) is 9.59 Å². The van der Waals surface area contributed by atoms with Gasteiger partial charge in [-0.3, -0.25) is 23.8 Å². The predicted octanol–water partition coefficient (Wildman–Crippen LogP) is -0.306. The number of aliphatic carboxylic acids is 2. The molecule has 3 unspecified atom stereocenters. The van der Waals surface area contributed by atoms with E-state index >= 15 is 0 Å². The minimum Gasteiger partial charge on any atom is -0.490 e. The third-order valence-electron chi connectivity index (χ3n) is 6.37. The number of esters is 1. The maximum absolute atomic E-state index is 13.2. The number of carboxylic acids is 2. The molecule has 1 aromatic carbocycles. The summed E-state index contributed by atoms with van der Waals surface area (Å²) >= 11 is 1.06. The molecule has 240 valence electrons. The molecular weight excluding hydrogens is 630 g/mol. The van der Waals surface area contributed by atoms with E-state index in [1.807, 2.05) is 0 Å². The van der Waals surface area contributed by atoms with E-state index in [0.29, 0.717) is 5.56 Å². The third kappa shape index (κ3) is 7.85. The summed E-state index contributed by atoms with van der Waals surface area (Å²) in [6.45, 7) is -0.526. The van der Waals surface area contributed by atoms with Crippen LogP contribution in [0.25, 0.3) is 6.08 Å². The van der Waals surface area contributed by atoms with Crippen molar-refractivity contribution < 1.29 is 65.5 Å². The van der Waals surface area contributed by atoms with Crippen LogP contribution in [-0.4, -0.2) is 102 Å². The first-order valence-electron chi connectivity index (χ1n) is 12.6. The van der Waals surface area contributed by atoms with E-state index in [9.17, 15) is 37.5 Å². The summed E-state index contributed by atoms with van der Waals surface area (Å²) in [5, 5.41) is 20.3. The molecule has 3 atom stereocenters. The average Bonchev–Trinajstić information content (AvgIpc) is 2.96. The van der Waals surface area contributed by atoms with Crippen LogP contribution in [0.15, 0.2) is 41.3 Å². The van der Waals surface area contributed by atoms with Crippen LogP contribution >= 0.6 is 11.8 Å². The van der Waals surface area contributed by atoms with Gasteiger partial charge in [-0.05, 0) is 36.6 Å². The normalized spacial score (nSPS) is 20.6. The highest BCUT2D eigenvalue weighted by molar-refractivity contribution is 8.00. The summed E-state index contributed by atoms with van der Waals surface area (Å²) in [6, 6.07) is 3.98. The predicted molar refractivity (Wildman–Crippen MR) is 150 cm³/mol. The van der Waals surface area contributed by atoms with Gasteiger partial charge in [-0.2, -0.15) is 8.42 Å². The number of nitrogens with two attached hydrogens (primary N) is 1. The van der Waals surface area contributed by atoms with E-state index in [1.54, 1.807) is 0 Å². The molecule has 1 saturated heterocycles. The van der Waals surface area contributed by atoms with E-state index < -0.39 is 69.6 Å². The Morgan fingerprint density at radius 2 is 1.86 bits per heavy atom. The molecule has 0 aliphatic carbocycles. The van der Waals surface area contributed by atoms with Gasteiger partial charge in [-0.15, -0.1) is 11.8 Å².